The highest BCUT2D eigenvalue weighted by Gasteiger charge is 2.24. The van der Waals surface area contributed by atoms with Crippen molar-refractivity contribution in [3.05, 3.63) is 47.7 Å². The molecular weight excluding hydrogens is 380 g/mol. The van der Waals surface area contributed by atoms with E-state index in [-0.39, 0.29) is 22.8 Å². The van der Waals surface area contributed by atoms with Gasteiger partial charge in [0.05, 0.1) is 6.20 Å². The van der Waals surface area contributed by atoms with Gasteiger partial charge in [0.25, 0.3) is 0 Å². The van der Waals surface area contributed by atoms with Crippen LogP contribution >= 0.6 is 11.8 Å². The molecule has 3 heterocycles. The van der Waals surface area contributed by atoms with E-state index in [4.69, 9.17) is 0 Å². The maximum absolute atomic E-state index is 15.4. The molecule has 1 atom stereocenters. The van der Waals surface area contributed by atoms with Crippen LogP contribution < -0.4 is 10.6 Å². The molecule has 4 rings (SSSR count). The first-order valence-electron chi connectivity index (χ1n) is 9.50. The Labute approximate surface area is 166 Å². The van der Waals surface area contributed by atoms with Gasteiger partial charge >= 0.3 is 0 Å². The number of thioether (sulfide) groups is 1. The van der Waals surface area contributed by atoms with Crippen LogP contribution in [0.2, 0.25) is 0 Å². The van der Waals surface area contributed by atoms with Crippen molar-refractivity contribution >= 4 is 28.9 Å². The van der Waals surface area contributed by atoms with E-state index in [1.54, 1.807) is 18.3 Å². The number of hydrogen-bond acceptors (Lipinski definition) is 5. The van der Waals surface area contributed by atoms with E-state index < -0.39 is 5.82 Å². The van der Waals surface area contributed by atoms with E-state index in [2.05, 4.69) is 34.6 Å². The van der Waals surface area contributed by atoms with Crippen molar-refractivity contribution in [1.82, 2.24) is 19.9 Å². The minimum Gasteiger partial charge on any atom is -0.337 e. The largest absolute Gasteiger partial charge is 0.337 e. The molecular formula is C20H23F2N5S. The van der Waals surface area contributed by atoms with Crippen molar-refractivity contribution in [3.8, 4) is 0 Å². The van der Waals surface area contributed by atoms with Gasteiger partial charge in [-0.1, -0.05) is 31.7 Å². The molecule has 1 unspecified atom stereocenters. The van der Waals surface area contributed by atoms with E-state index in [0.29, 0.717) is 16.4 Å². The first-order chi connectivity index (χ1) is 13.5. The molecule has 0 bridgehead atoms. The van der Waals surface area contributed by atoms with Gasteiger partial charge in [-0.25, -0.2) is 9.37 Å². The number of aromatic nitrogens is 3. The predicted octanol–water partition coefficient (Wildman–Crippen LogP) is 4.72. The molecule has 0 aliphatic carbocycles. The van der Waals surface area contributed by atoms with Gasteiger partial charge in [0.15, 0.2) is 17.3 Å². The summed E-state index contributed by atoms with van der Waals surface area (Å²) in [6, 6.07) is 5.96. The molecule has 8 heteroatoms. The van der Waals surface area contributed by atoms with Gasteiger partial charge in [0.2, 0.25) is 0 Å². The summed E-state index contributed by atoms with van der Waals surface area (Å²) in [7, 11) is 0. The van der Waals surface area contributed by atoms with Gasteiger partial charge < -0.3 is 10.6 Å². The number of piperidine rings is 1. The van der Waals surface area contributed by atoms with Crippen molar-refractivity contribution in [2.75, 3.05) is 18.4 Å². The number of benzene rings is 1. The Balaban J connectivity index is 1.79. The first-order valence-corrected chi connectivity index (χ1v) is 10.4. The van der Waals surface area contributed by atoms with Crippen LogP contribution in [0.5, 0.6) is 0 Å². The van der Waals surface area contributed by atoms with Crippen LogP contribution in [0.15, 0.2) is 35.5 Å². The summed E-state index contributed by atoms with van der Waals surface area (Å²) >= 11 is 1.45. The van der Waals surface area contributed by atoms with Crippen LogP contribution in [-0.4, -0.2) is 32.9 Å². The number of anilines is 2. The molecule has 148 valence electrons. The summed E-state index contributed by atoms with van der Waals surface area (Å²) < 4.78 is 30.5. The van der Waals surface area contributed by atoms with Gasteiger partial charge in [-0.15, -0.1) is 0 Å². The molecule has 2 aromatic heterocycles. The number of nitrogens with one attached hydrogen (secondary N) is 2. The van der Waals surface area contributed by atoms with E-state index in [1.807, 2.05) is 0 Å². The minimum atomic E-state index is -0.467. The van der Waals surface area contributed by atoms with Gasteiger partial charge in [-0.3, -0.25) is 0 Å². The van der Waals surface area contributed by atoms with Crippen LogP contribution in [0.1, 0.15) is 38.2 Å². The summed E-state index contributed by atoms with van der Waals surface area (Å²) in [5, 5.41) is 11.3. The smallest absolute Gasteiger partial charge is 0.198 e. The van der Waals surface area contributed by atoms with Crippen molar-refractivity contribution in [2.45, 2.75) is 42.9 Å². The molecule has 0 amide bonds. The highest BCUT2D eigenvalue weighted by atomic mass is 32.2. The SMILES string of the molecule is CC(C)c1cnn2c(Nc3cccc(F)c3)c(F)c(SC3CCCNC3)nc12. The molecule has 2 N–H and O–H groups in total. The van der Waals surface area contributed by atoms with Crippen LogP contribution in [0.4, 0.5) is 20.3 Å². The fourth-order valence-corrected chi connectivity index (χ4v) is 4.48. The maximum Gasteiger partial charge on any atom is 0.198 e. The third-order valence-electron chi connectivity index (χ3n) is 4.83. The van der Waals surface area contributed by atoms with E-state index in [1.165, 1.54) is 28.4 Å². The lowest BCUT2D eigenvalue weighted by molar-refractivity contribution is 0.528. The van der Waals surface area contributed by atoms with Crippen molar-refractivity contribution in [1.29, 1.82) is 0 Å². The lowest BCUT2D eigenvalue weighted by atomic mass is 10.1. The second-order valence-corrected chi connectivity index (χ2v) is 8.58. The standard InChI is InChI=1S/C20H23F2N5S/c1-12(2)16-11-24-27-18(16)26-20(28-15-7-4-8-23-10-15)17(22)19(27)25-14-6-3-5-13(21)9-14/h3,5-6,9,11-12,15,23,25H,4,7-8,10H2,1-2H3. The van der Waals surface area contributed by atoms with E-state index in [9.17, 15) is 4.39 Å². The minimum absolute atomic E-state index is 0.175. The van der Waals surface area contributed by atoms with Crippen molar-refractivity contribution < 1.29 is 8.78 Å². The average molecular weight is 404 g/mol. The lowest BCUT2D eigenvalue weighted by Gasteiger charge is -2.22. The molecule has 1 saturated heterocycles. The summed E-state index contributed by atoms with van der Waals surface area (Å²) in [4.78, 5) is 4.62. The van der Waals surface area contributed by atoms with Crippen molar-refractivity contribution in [2.24, 2.45) is 0 Å². The summed E-state index contributed by atoms with van der Waals surface area (Å²) in [6.45, 7) is 5.94. The third kappa shape index (κ3) is 3.84. The predicted molar refractivity (Wildman–Crippen MR) is 108 cm³/mol. The molecule has 0 radical (unpaired) electrons. The molecule has 0 spiro atoms. The Morgan fingerprint density at radius 1 is 1.32 bits per heavy atom. The molecule has 1 aliphatic heterocycles. The Morgan fingerprint density at radius 2 is 2.18 bits per heavy atom. The van der Waals surface area contributed by atoms with Gasteiger partial charge in [-0.2, -0.15) is 14.0 Å². The van der Waals surface area contributed by atoms with Crippen LogP contribution in [0.25, 0.3) is 5.65 Å². The number of halogens is 2. The molecule has 1 aliphatic rings. The lowest BCUT2D eigenvalue weighted by Crippen LogP contribution is -2.31. The fraction of sp³-hybridized carbons (Fsp3) is 0.400. The maximum atomic E-state index is 15.4. The zero-order chi connectivity index (χ0) is 19.7. The second kappa shape index (κ2) is 8.05. The Bertz CT molecular complexity index is 982. The monoisotopic (exact) mass is 403 g/mol. The highest BCUT2D eigenvalue weighted by molar-refractivity contribution is 7.99. The average Bonchev–Trinajstić information content (AvgIpc) is 3.10. The van der Waals surface area contributed by atoms with Gasteiger partial charge in [-0.05, 0) is 43.5 Å². The topological polar surface area (TPSA) is 54.2 Å². The number of rotatable bonds is 5. The Hall–Kier alpha value is -2.19. The van der Waals surface area contributed by atoms with Gasteiger partial charge in [0, 0.05) is 23.0 Å². The first kappa shape index (κ1) is 19.1. The Kier molecular flexibility index (Phi) is 5.50. The van der Waals surface area contributed by atoms with Crippen LogP contribution in [0.3, 0.4) is 0 Å². The number of fused-ring (bicyclic) bond motifs is 1. The molecule has 1 aromatic carbocycles. The summed E-state index contributed by atoms with van der Waals surface area (Å²) in [5.41, 5.74) is 2.04. The highest BCUT2D eigenvalue weighted by Crippen LogP contribution is 2.34. The fourth-order valence-electron chi connectivity index (χ4n) is 3.34. The van der Waals surface area contributed by atoms with Gasteiger partial charge in [0.1, 0.15) is 10.8 Å². The summed E-state index contributed by atoms with van der Waals surface area (Å²) in [6.07, 6.45) is 3.81. The number of nitrogens with zero attached hydrogens (tertiary/aromatic N) is 3. The third-order valence-corrected chi connectivity index (χ3v) is 6.05. The molecule has 0 saturated carbocycles. The Morgan fingerprint density at radius 3 is 2.89 bits per heavy atom. The molecule has 5 nitrogen and oxygen atoms in total. The normalized spacial score (nSPS) is 17.4. The van der Waals surface area contributed by atoms with Crippen LogP contribution in [0, 0.1) is 11.6 Å². The zero-order valence-electron chi connectivity index (χ0n) is 15.9. The quantitative estimate of drug-likeness (QED) is 0.604. The van der Waals surface area contributed by atoms with E-state index in [0.717, 1.165) is 31.5 Å². The zero-order valence-corrected chi connectivity index (χ0v) is 16.7. The molecule has 3 aromatic rings. The van der Waals surface area contributed by atoms with Crippen LogP contribution in [-0.2, 0) is 0 Å². The summed E-state index contributed by atoms with van der Waals surface area (Å²) in [5.74, 6) is -0.479. The molecule has 28 heavy (non-hydrogen) atoms. The van der Waals surface area contributed by atoms with Crippen molar-refractivity contribution in [3.63, 3.8) is 0 Å². The van der Waals surface area contributed by atoms with E-state index >= 15 is 4.39 Å². The second-order valence-electron chi connectivity index (χ2n) is 7.29. The molecule has 1 fully saturated rings. The number of hydrogen-bond donors (Lipinski definition) is 2.